The number of fused-ring (bicyclic) bond motifs is 4. The van der Waals surface area contributed by atoms with Crippen LogP contribution >= 0.6 is 0 Å². The number of rotatable bonds is 9. The molecule has 4 aromatic rings. The minimum atomic E-state index is -1.00. The van der Waals surface area contributed by atoms with Crippen molar-refractivity contribution in [2.75, 3.05) is 13.1 Å². The molecule has 3 heterocycles. The maximum Gasteiger partial charge on any atom is 0.455 e. The highest BCUT2D eigenvalue weighted by atomic mass is 16.5. The number of hydrogen-bond donors (Lipinski definition) is 2. The maximum atomic E-state index is 14.4. The van der Waals surface area contributed by atoms with E-state index in [1.165, 1.54) is 11.1 Å². The molecular formula is C44H47BN2O5. The summed E-state index contributed by atoms with van der Waals surface area (Å²) in [6, 6.07) is 32.3. The van der Waals surface area contributed by atoms with Gasteiger partial charge in [0, 0.05) is 31.1 Å². The zero-order chi connectivity index (χ0) is 35.8. The zero-order valence-corrected chi connectivity index (χ0v) is 29.9. The first kappa shape index (κ1) is 34.6. The van der Waals surface area contributed by atoms with Crippen LogP contribution < -0.4 is 0 Å². The largest absolute Gasteiger partial charge is 0.507 e. The van der Waals surface area contributed by atoms with E-state index < -0.39 is 13.0 Å². The molecule has 4 atom stereocenters. The molecule has 0 radical (unpaired) electrons. The second-order valence-electron chi connectivity index (χ2n) is 15.0. The van der Waals surface area contributed by atoms with Gasteiger partial charge in [-0.2, -0.15) is 0 Å². The Labute approximate surface area is 306 Å². The Balaban J connectivity index is 1.03. The number of benzene rings is 4. The Kier molecular flexibility index (Phi) is 9.88. The predicted octanol–water partition coefficient (Wildman–Crippen LogP) is 7.74. The van der Waals surface area contributed by atoms with E-state index in [9.17, 15) is 19.7 Å². The van der Waals surface area contributed by atoms with Crippen LogP contribution in [0.25, 0.3) is 22.4 Å². The van der Waals surface area contributed by atoms with Gasteiger partial charge in [-0.3, -0.25) is 19.4 Å². The molecule has 52 heavy (non-hydrogen) atoms. The summed E-state index contributed by atoms with van der Waals surface area (Å²) in [4.78, 5) is 32.6. The van der Waals surface area contributed by atoms with Crippen LogP contribution in [0.2, 0.25) is 6.32 Å². The summed E-state index contributed by atoms with van der Waals surface area (Å²) in [7, 11) is -1.00. The number of hydrogen-bond acceptors (Lipinski definition) is 6. The van der Waals surface area contributed by atoms with E-state index in [0.717, 1.165) is 71.9 Å². The Hall–Kier alpha value is -4.50. The number of imide groups is 1. The lowest BCUT2D eigenvalue weighted by atomic mass is 9.58. The molecule has 8 rings (SSSR count). The molecule has 0 saturated carbocycles. The summed E-state index contributed by atoms with van der Waals surface area (Å²) in [6.07, 6.45) is 6.42. The van der Waals surface area contributed by atoms with Gasteiger partial charge in [0.1, 0.15) is 5.75 Å². The highest BCUT2D eigenvalue weighted by Crippen LogP contribution is 2.52. The third-order valence-corrected chi connectivity index (χ3v) is 12.0. The van der Waals surface area contributed by atoms with Crippen molar-refractivity contribution in [2.45, 2.75) is 70.5 Å². The number of allylic oxidation sites excluding steroid dienone is 2. The fourth-order valence-electron chi connectivity index (χ4n) is 9.52. The van der Waals surface area contributed by atoms with Crippen molar-refractivity contribution in [1.29, 1.82) is 0 Å². The van der Waals surface area contributed by atoms with E-state index in [1.54, 1.807) is 11.0 Å². The Morgan fingerprint density at radius 3 is 2.29 bits per heavy atom. The predicted molar refractivity (Wildman–Crippen MR) is 206 cm³/mol. The number of carbonyl (C=O) groups excluding carboxylic acids is 2. The molecule has 0 unspecified atom stereocenters. The summed E-state index contributed by atoms with van der Waals surface area (Å²) in [5, 5.41) is 23.5. The van der Waals surface area contributed by atoms with Gasteiger partial charge in [-0.15, -0.1) is 0 Å². The van der Waals surface area contributed by atoms with Gasteiger partial charge < -0.3 is 14.8 Å². The Bertz CT molecular complexity index is 2010. The van der Waals surface area contributed by atoms with Crippen molar-refractivity contribution in [1.82, 2.24) is 9.80 Å². The van der Waals surface area contributed by atoms with Crippen molar-refractivity contribution in [3.8, 4) is 5.75 Å². The number of piperidine rings is 1. The lowest BCUT2D eigenvalue weighted by molar-refractivity contribution is -0.144. The van der Waals surface area contributed by atoms with Gasteiger partial charge in [-0.1, -0.05) is 110 Å². The summed E-state index contributed by atoms with van der Waals surface area (Å²) in [5.41, 5.74) is 6.86. The molecule has 4 aromatic carbocycles. The first-order valence-electron chi connectivity index (χ1n) is 19.0. The molecule has 0 bridgehead atoms. The van der Waals surface area contributed by atoms with Crippen LogP contribution in [0.4, 0.5) is 0 Å². The van der Waals surface area contributed by atoms with Crippen molar-refractivity contribution in [3.05, 3.63) is 125 Å². The van der Waals surface area contributed by atoms with E-state index in [-0.39, 0.29) is 41.5 Å². The second-order valence-corrected chi connectivity index (χ2v) is 15.0. The average molecular weight is 695 g/mol. The number of amides is 2. The molecule has 3 aliphatic heterocycles. The second kappa shape index (κ2) is 14.9. The third-order valence-electron chi connectivity index (χ3n) is 12.0. The lowest BCUT2D eigenvalue weighted by Crippen LogP contribution is -2.48. The van der Waals surface area contributed by atoms with Gasteiger partial charge in [0.05, 0.1) is 17.9 Å². The van der Waals surface area contributed by atoms with Crippen LogP contribution in [0.5, 0.6) is 5.75 Å². The van der Waals surface area contributed by atoms with Crippen LogP contribution in [-0.4, -0.2) is 64.1 Å². The highest BCUT2D eigenvalue weighted by Gasteiger charge is 2.58. The molecule has 2 N–H and O–H groups in total. The molecule has 7 nitrogen and oxygen atoms in total. The molecule has 0 aromatic heterocycles. The van der Waals surface area contributed by atoms with Gasteiger partial charge in [-0.25, -0.2) is 0 Å². The van der Waals surface area contributed by atoms with E-state index in [4.69, 9.17) is 4.65 Å². The number of nitrogens with zero attached hydrogens (tertiary/aromatic N) is 2. The lowest BCUT2D eigenvalue weighted by Gasteiger charge is -2.43. The monoisotopic (exact) mass is 694 g/mol. The van der Waals surface area contributed by atoms with Crippen LogP contribution in [0.1, 0.15) is 62.1 Å². The quantitative estimate of drug-likeness (QED) is 0.0807. The molecule has 4 aliphatic rings. The van der Waals surface area contributed by atoms with E-state index in [2.05, 4.69) is 54.3 Å². The standard InChI is InChI=1S/C44H47BN2O5/c1-2-30-26-37-42(44(50)47(43(37)49)34-21-23-46(24-22-34)28-29-11-5-3-6-12-29)38-27-45(51)52-40(41(30)38)20-18-32(31-13-7-4-8-14-31)25-33-17-19-39(48)36-16-10-9-15-35(33)36/h3-17,19,25,34,37-38,40,42,48,51H,2,18,20-24,26-28H2,1H3/b32-25-/t37-,38+,40-,42-/m1/s1. The minimum absolute atomic E-state index is 0.0190. The molecule has 2 amide bonds. The maximum absolute atomic E-state index is 14.4. The topological polar surface area (TPSA) is 90.3 Å². The normalized spacial score (nSPS) is 24.5. The summed E-state index contributed by atoms with van der Waals surface area (Å²) >= 11 is 0. The van der Waals surface area contributed by atoms with Crippen molar-refractivity contribution < 1.29 is 24.4 Å². The Morgan fingerprint density at radius 1 is 0.865 bits per heavy atom. The first-order valence-corrected chi connectivity index (χ1v) is 19.0. The summed E-state index contributed by atoms with van der Waals surface area (Å²) < 4.78 is 6.35. The minimum Gasteiger partial charge on any atom is -0.507 e. The molecule has 8 heteroatoms. The van der Waals surface area contributed by atoms with Crippen molar-refractivity contribution in [3.63, 3.8) is 0 Å². The van der Waals surface area contributed by atoms with Crippen LogP contribution in [0.3, 0.4) is 0 Å². The van der Waals surface area contributed by atoms with Crippen LogP contribution in [0, 0.1) is 17.8 Å². The average Bonchev–Trinajstić information content (AvgIpc) is 3.43. The molecule has 266 valence electrons. The fraction of sp³-hybridized carbons (Fsp3) is 0.364. The van der Waals surface area contributed by atoms with E-state index >= 15 is 0 Å². The van der Waals surface area contributed by atoms with Gasteiger partial charge in [0.15, 0.2) is 0 Å². The van der Waals surface area contributed by atoms with Crippen molar-refractivity contribution >= 4 is 41.4 Å². The highest BCUT2D eigenvalue weighted by molar-refractivity contribution is 6.43. The Morgan fingerprint density at radius 2 is 1.56 bits per heavy atom. The summed E-state index contributed by atoms with van der Waals surface area (Å²) in [5.74, 6) is -0.847. The molecule has 3 saturated heterocycles. The molecule has 1 aliphatic carbocycles. The van der Waals surface area contributed by atoms with Gasteiger partial charge in [-0.05, 0) is 90.1 Å². The van der Waals surface area contributed by atoms with E-state index in [0.29, 0.717) is 25.6 Å². The molecular weight excluding hydrogens is 647 g/mol. The van der Waals surface area contributed by atoms with Crippen LogP contribution in [0.15, 0.2) is 108 Å². The van der Waals surface area contributed by atoms with E-state index in [1.807, 2.05) is 54.6 Å². The van der Waals surface area contributed by atoms with Gasteiger partial charge in [0.2, 0.25) is 11.8 Å². The molecule has 0 spiro atoms. The smallest absolute Gasteiger partial charge is 0.455 e. The SMILES string of the molecule is CCC1=C2[C@@H](CC/C(=C/c3ccc(O)c4ccccc34)c3ccccc3)OB(O)C[C@@H]2[C@@H]2C(=O)N(C3CCN(Cc4ccccc4)CC3)C(=O)[C@@H]2C1. The number of likely N-dealkylation sites (tertiary alicyclic amines) is 2. The van der Waals surface area contributed by atoms with Crippen molar-refractivity contribution in [2.24, 2.45) is 17.8 Å². The number of carbonyl (C=O) groups is 2. The zero-order valence-electron chi connectivity index (χ0n) is 29.9. The number of aromatic hydroxyl groups is 1. The molecule has 3 fully saturated rings. The fourth-order valence-corrected chi connectivity index (χ4v) is 9.52. The summed E-state index contributed by atoms with van der Waals surface area (Å²) in [6.45, 7) is 4.71. The van der Waals surface area contributed by atoms with Gasteiger partial charge >= 0.3 is 7.12 Å². The number of phenolic OH excluding ortho intramolecular Hbond substituents is 1. The van der Waals surface area contributed by atoms with Crippen LogP contribution in [-0.2, 0) is 20.8 Å². The first-order chi connectivity index (χ1) is 25.4. The third kappa shape index (κ3) is 6.64. The number of phenols is 1. The van der Waals surface area contributed by atoms with Gasteiger partial charge in [0.25, 0.3) is 0 Å².